The summed E-state index contributed by atoms with van der Waals surface area (Å²) in [5, 5.41) is 6.61. The Bertz CT molecular complexity index is 590. The van der Waals surface area contributed by atoms with Crippen LogP contribution in [0.4, 0.5) is 10.2 Å². The second kappa shape index (κ2) is 5.19. The number of hydrogen-bond donors (Lipinski definition) is 0. The lowest BCUT2D eigenvalue weighted by Crippen LogP contribution is -2.01. The van der Waals surface area contributed by atoms with E-state index in [1.54, 1.807) is 24.4 Å². The Morgan fingerprint density at radius 1 is 1.47 bits per heavy atom. The summed E-state index contributed by atoms with van der Waals surface area (Å²) in [6.07, 6.45) is 1.57. The molecule has 0 unspecified atom stereocenters. The van der Waals surface area contributed by atoms with Crippen LogP contribution >= 0.6 is 23.8 Å². The van der Waals surface area contributed by atoms with Crippen LogP contribution in [0.2, 0.25) is 5.02 Å². The summed E-state index contributed by atoms with van der Waals surface area (Å²) in [7, 11) is 0. The van der Waals surface area contributed by atoms with Crippen molar-refractivity contribution in [2.24, 2.45) is 4.99 Å². The first kappa shape index (κ1) is 11.9. The summed E-state index contributed by atoms with van der Waals surface area (Å²) < 4.78 is 14.9. The van der Waals surface area contributed by atoms with Crippen molar-refractivity contribution in [3.8, 4) is 0 Å². The predicted octanol–water partition coefficient (Wildman–Crippen LogP) is 3.46. The zero-order valence-electron chi connectivity index (χ0n) is 8.60. The number of nitrogens with zero attached hydrogens (tertiary/aromatic N) is 3. The molecular formula is C11H7ClFN3S. The van der Waals surface area contributed by atoms with Crippen molar-refractivity contribution >= 4 is 34.8 Å². The maximum atomic E-state index is 13.4. The van der Waals surface area contributed by atoms with Gasteiger partial charge in [0, 0.05) is 11.8 Å². The van der Waals surface area contributed by atoms with E-state index in [1.165, 1.54) is 10.7 Å². The molecule has 3 nitrogen and oxygen atoms in total. The van der Waals surface area contributed by atoms with Gasteiger partial charge < -0.3 is 0 Å². The quantitative estimate of drug-likeness (QED) is 0.630. The number of aromatic nitrogens is 2. The number of aliphatic imine (C=N–C) groups is 1. The molecule has 2 rings (SSSR count). The van der Waals surface area contributed by atoms with Crippen LogP contribution in [0.5, 0.6) is 0 Å². The van der Waals surface area contributed by atoms with Gasteiger partial charge >= 0.3 is 0 Å². The van der Waals surface area contributed by atoms with Gasteiger partial charge in [0.05, 0.1) is 11.7 Å². The van der Waals surface area contributed by atoms with Crippen LogP contribution in [0.25, 0.3) is 0 Å². The second-order valence-electron chi connectivity index (χ2n) is 3.29. The molecule has 2 aromatic rings. The van der Waals surface area contributed by atoms with Crippen molar-refractivity contribution in [2.45, 2.75) is 6.54 Å². The van der Waals surface area contributed by atoms with Gasteiger partial charge in [-0.2, -0.15) is 10.1 Å². The summed E-state index contributed by atoms with van der Waals surface area (Å²) in [5.74, 6) is 0.0111. The van der Waals surface area contributed by atoms with Crippen molar-refractivity contribution in [3.05, 3.63) is 46.9 Å². The standard InChI is InChI=1S/C11H7ClFN3S/c12-9-6-16(15-11(9)14-7-17)5-8-3-1-2-4-10(8)13/h1-4,6H,5H2. The van der Waals surface area contributed by atoms with E-state index in [0.29, 0.717) is 17.1 Å². The number of rotatable bonds is 3. The molecule has 1 heterocycles. The van der Waals surface area contributed by atoms with Crippen LogP contribution in [-0.4, -0.2) is 14.9 Å². The summed E-state index contributed by atoms with van der Waals surface area (Å²) in [4.78, 5) is 3.70. The van der Waals surface area contributed by atoms with E-state index >= 15 is 0 Å². The normalized spacial score (nSPS) is 10.0. The van der Waals surface area contributed by atoms with Gasteiger partial charge in [-0.1, -0.05) is 29.8 Å². The average Bonchev–Trinajstić information content (AvgIpc) is 2.63. The lowest BCUT2D eigenvalue weighted by atomic mass is 10.2. The van der Waals surface area contributed by atoms with Crippen LogP contribution in [0.1, 0.15) is 5.56 Å². The number of benzene rings is 1. The second-order valence-corrected chi connectivity index (χ2v) is 3.88. The van der Waals surface area contributed by atoms with Crippen molar-refractivity contribution in [1.29, 1.82) is 0 Å². The molecule has 0 saturated carbocycles. The molecule has 6 heteroatoms. The summed E-state index contributed by atoms with van der Waals surface area (Å²) in [6.45, 7) is 0.291. The van der Waals surface area contributed by atoms with E-state index in [1.807, 2.05) is 0 Å². The van der Waals surface area contributed by atoms with E-state index in [4.69, 9.17) is 11.6 Å². The first-order valence-corrected chi connectivity index (χ1v) is 5.53. The summed E-state index contributed by atoms with van der Waals surface area (Å²) in [6, 6.07) is 6.49. The van der Waals surface area contributed by atoms with Crippen LogP contribution < -0.4 is 0 Å². The fraction of sp³-hybridized carbons (Fsp3) is 0.0909. The first-order chi connectivity index (χ1) is 8.20. The monoisotopic (exact) mass is 267 g/mol. The Labute approximate surface area is 108 Å². The topological polar surface area (TPSA) is 30.2 Å². The van der Waals surface area contributed by atoms with Crippen LogP contribution in [0.15, 0.2) is 35.5 Å². The van der Waals surface area contributed by atoms with Crippen LogP contribution in [0, 0.1) is 5.82 Å². The maximum Gasteiger partial charge on any atom is 0.202 e. The molecule has 0 N–H and O–H groups in total. The van der Waals surface area contributed by atoms with E-state index in [9.17, 15) is 4.39 Å². The molecule has 0 aliphatic carbocycles. The zero-order chi connectivity index (χ0) is 12.3. The largest absolute Gasteiger partial charge is 0.264 e. The van der Waals surface area contributed by atoms with Gasteiger partial charge in [0.2, 0.25) is 5.82 Å². The Morgan fingerprint density at radius 3 is 2.94 bits per heavy atom. The molecule has 0 radical (unpaired) electrons. The highest BCUT2D eigenvalue weighted by molar-refractivity contribution is 7.78. The minimum atomic E-state index is -0.279. The van der Waals surface area contributed by atoms with Gasteiger partial charge in [0.1, 0.15) is 10.8 Å². The maximum absolute atomic E-state index is 13.4. The third kappa shape index (κ3) is 2.77. The molecule has 0 fully saturated rings. The number of isothiocyanates is 1. The van der Waals surface area contributed by atoms with Crippen molar-refractivity contribution < 1.29 is 4.39 Å². The summed E-state index contributed by atoms with van der Waals surface area (Å²) in [5.41, 5.74) is 0.532. The van der Waals surface area contributed by atoms with E-state index in [-0.39, 0.29) is 11.6 Å². The number of halogens is 2. The SMILES string of the molecule is Fc1ccccc1Cn1cc(Cl)c(N=C=S)n1. The molecule has 0 atom stereocenters. The molecule has 0 aliphatic heterocycles. The predicted molar refractivity (Wildman–Crippen MR) is 67.4 cm³/mol. The molecule has 1 aromatic carbocycles. The molecule has 0 bridgehead atoms. The highest BCUT2D eigenvalue weighted by Gasteiger charge is 2.07. The fourth-order valence-electron chi connectivity index (χ4n) is 1.39. The van der Waals surface area contributed by atoms with Gasteiger partial charge in [0.15, 0.2) is 0 Å². The third-order valence-electron chi connectivity index (χ3n) is 2.14. The van der Waals surface area contributed by atoms with Crippen molar-refractivity contribution in [1.82, 2.24) is 9.78 Å². The Kier molecular flexibility index (Phi) is 3.64. The van der Waals surface area contributed by atoms with E-state index in [2.05, 4.69) is 27.5 Å². The van der Waals surface area contributed by atoms with Crippen molar-refractivity contribution in [3.63, 3.8) is 0 Å². The molecule has 0 amide bonds. The van der Waals surface area contributed by atoms with Gasteiger partial charge in [-0.25, -0.2) is 4.39 Å². The molecule has 0 spiro atoms. The van der Waals surface area contributed by atoms with Gasteiger partial charge in [-0.05, 0) is 18.3 Å². The summed E-state index contributed by atoms with van der Waals surface area (Å²) >= 11 is 10.3. The molecule has 0 saturated heterocycles. The number of thiocarbonyl (C=S) groups is 1. The first-order valence-electron chi connectivity index (χ1n) is 4.75. The Hall–Kier alpha value is -1.55. The fourth-order valence-corrected chi connectivity index (χ4v) is 1.67. The van der Waals surface area contributed by atoms with E-state index < -0.39 is 0 Å². The zero-order valence-corrected chi connectivity index (χ0v) is 10.2. The van der Waals surface area contributed by atoms with Gasteiger partial charge in [-0.15, -0.1) is 0 Å². The highest BCUT2D eigenvalue weighted by Crippen LogP contribution is 2.22. The lowest BCUT2D eigenvalue weighted by molar-refractivity contribution is 0.585. The van der Waals surface area contributed by atoms with E-state index in [0.717, 1.165) is 0 Å². The van der Waals surface area contributed by atoms with Crippen LogP contribution in [-0.2, 0) is 6.54 Å². The molecule has 1 aromatic heterocycles. The number of hydrogen-bond acceptors (Lipinski definition) is 3. The molecule has 86 valence electrons. The molecular weight excluding hydrogens is 261 g/mol. The highest BCUT2D eigenvalue weighted by atomic mass is 35.5. The minimum absolute atomic E-state index is 0.279. The molecule has 17 heavy (non-hydrogen) atoms. The van der Waals surface area contributed by atoms with Crippen molar-refractivity contribution in [2.75, 3.05) is 0 Å². The Balaban J connectivity index is 2.28. The van der Waals surface area contributed by atoms with Crippen LogP contribution in [0.3, 0.4) is 0 Å². The molecule has 0 aliphatic rings. The Morgan fingerprint density at radius 2 is 2.24 bits per heavy atom. The smallest absolute Gasteiger partial charge is 0.202 e. The van der Waals surface area contributed by atoms with Gasteiger partial charge in [-0.3, -0.25) is 4.68 Å². The van der Waals surface area contributed by atoms with Gasteiger partial charge in [0.25, 0.3) is 0 Å². The third-order valence-corrected chi connectivity index (χ3v) is 2.50. The lowest BCUT2D eigenvalue weighted by Gasteiger charge is -2.02. The average molecular weight is 268 g/mol. The minimum Gasteiger partial charge on any atom is -0.264 e.